The first-order chi connectivity index (χ1) is 9.52. The van der Waals surface area contributed by atoms with Crippen LogP contribution >= 0.6 is 23.7 Å². The van der Waals surface area contributed by atoms with Gasteiger partial charge in [-0.15, -0.1) is 23.7 Å². The zero-order valence-electron chi connectivity index (χ0n) is 12.4. The van der Waals surface area contributed by atoms with Crippen LogP contribution in [-0.4, -0.2) is 25.6 Å². The molecule has 0 fully saturated rings. The highest BCUT2D eigenvalue weighted by Crippen LogP contribution is 2.33. The van der Waals surface area contributed by atoms with E-state index >= 15 is 0 Å². The molecule has 0 aliphatic carbocycles. The zero-order chi connectivity index (χ0) is 14.7. The summed E-state index contributed by atoms with van der Waals surface area (Å²) in [6, 6.07) is 5.98. The van der Waals surface area contributed by atoms with Crippen molar-refractivity contribution in [3.8, 4) is 5.75 Å². The van der Waals surface area contributed by atoms with E-state index in [9.17, 15) is 4.79 Å². The molecule has 1 unspecified atom stereocenters. The fraction of sp³-hybridized carbons (Fsp3) is 0.400. The molecule has 0 aliphatic heterocycles. The lowest BCUT2D eigenvalue weighted by Crippen LogP contribution is -2.28. The first kappa shape index (κ1) is 17.8. The number of carbonyl (C=O) groups excluding carboxylic acids is 1. The van der Waals surface area contributed by atoms with E-state index in [1.807, 2.05) is 32.0 Å². The normalized spacial score (nSPS) is 11.8. The van der Waals surface area contributed by atoms with E-state index in [1.54, 1.807) is 7.11 Å². The van der Waals surface area contributed by atoms with E-state index in [-0.39, 0.29) is 24.4 Å². The summed E-state index contributed by atoms with van der Waals surface area (Å²) in [5, 5.41) is 4.00. The molecule has 0 radical (unpaired) electrons. The van der Waals surface area contributed by atoms with Gasteiger partial charge in [-0.1, -0.05) is 0 Å². The summed E-state index contributed by atoms with van der Waals surface area (Å²) in [6.07, 6.45) is 0.781. The highest BCUT2D eigenvalue weighted by atomic mass is 35.5. The van der Waals surface area contributed by atoms with Crippen LogP contribution in [0.5, 0.6) is 5.75 Å². The number of hydrogen-bond acceptors (Lipinski definition) is 4. The molecule has 0 aliphatic rings. The molecule has 1 aromatic carbocycles. The molecule has 1 heterocycles. The second kappa shape index (κ2) is 7.64. The summed E-state index contributed by atoms with van der Waals surface area (Å²) < 4.78 is 6.33. The topological polar surface area (TPSA) is 64.3 Å². The van der Waals surface area contributed by atoms with Gasteiger partial charge in [-0.2, -0.15) is 0 Å². The molecule has 0 bridgehead atoms. The van der Waals surface area contributed by atoms with Gasteiger partial charge in [0.1, 0.15) is 5.75 Å². The van der Waals surface area contributed by atoms with Gasteiger partial charge in [0.15, 0.2) is 0 Å². The van der Waals surface area contributed by atoms with Gasteiger partial charge < -0.3 is 15.8 Å². The first-order valence-electron chi connectivity index (χ1n) is 6.64. The third kappa shape index (κ3) is 4.09. The number of amides is 1. The second-order valence-electron chi connectivity index (χ2n) is 4.94. The lowest BCUT2D eigenvalue weighted by Gasteiger charge is -2.06. The average Bonchev–Trinajstić information content (AvgIpc) is 2.75. The van der Waals surface area contributed by atoms with Gasteiger partial charge in [0.05, 0.1) is 12.0 Å². The summed E-state index contributed by atoms with van der Waals surface area (Å²) >= 11 is 1.51. The van der Waals surface area contributed by atoms with Crippen molar-refractivity contribution in [2.45, 2.75) is 26.3 Å². The van der Waals surface area contributed by atoms with Crippen LogP contribution < -0.4 is 15.8 Å². The molecule has 1 aromatic heterocycles. The fourth-order valence-electron chi connectivity index (χ4n) is 2.04. The van der Waals surface area contributed by atoms with Gasteiger partial charge in [-0.25, -0.2) is 0 Å². The molecule has 0 spiro atoms. The standard InChI is InChI=1S/C15H20N2O2S.ClH/c1-9(16)6-7-17-15(18)14-10(2)12-8-11(19-3)4-5-13(12)20-14;/h4-5,8-9H,6-7,16H2,1-3H3,(H,17,18);1H. The number of aryl methyl sites for hydroxylation is 1. The Bertz CT molecular complexity index is 625. The van der Waals surface area contributed by atoms with Crippen molar-refractivity contribution in [3.63, 3.8) is 0 Å². The van der Waals surface area contributed by atoms with E-state index in [0.29, 0.717) is 6.54 Å². The molecule has 1 atom stereocenters. The first-order valence-corrected chi connectivity index (χ1v) is 7.45. The molecule has 116 valence electrons. The highest BCUT2D eigenvalue weighted by molar-refractivity contribution is 7.21. The van der Waals surface area contributed by atoms with Gasteiger partial charge >= 0.3 is 0 Å². The zero-order valence-corrected chi connectivity index (χ0v) is 14.1. The summed E-state index contributed by atoms with van der Waals surface area (Å²) in [4.78, 5) is 13.0. The second-order valence-corrected chi connectivity index (χ2v) is 5.99. The monoisotopic (exact) mass is 328 g/mol. The minimum Gasteiger partial charge on any atom is -0.497 e. The maximum absolute atomic E-state index is 12.2. The van der Waals surface area contributed by atoms with Crippen LogP contribution in [0.1, 0.15) is 28.6 Å². The van der Waals surface area contributed by atoms with Crippen molar-refractivity contribution in [1.29, 1.82) is 0 Å². The maximum atomic E-state index is 12.2. The Morgan fingerprint density at radius 2 is 2.19 bits per heavy atom. The molecule has 2 rings (SSSR count). The Hall–Kier alpha value is -1.30. The summed E-state index contributed by atoms with van der Waals surface area (Å²) in [5.74, 6) is 0.783. The molecular formula is C15H21ClN2O2S. The van der Waals surface area contributed by atoms with Crippen LogP contribution in [0, 0.1) is 6.92 Å². The van der Waals surface area contributed by atoms with E-state index in [1.165, 1.54) is 11.3 Å². The molecule has 4 nitrogen and oxygen atoms in total. The molecule has 0 saturated heterocycles. The van der Waals surface area contributed by atoms with Crippen molar-refractivity contribution < 1.29 is 9.53 Å². The lowest BCUT2D eigenvalue weighted by molar-refractivity contribution is 0.0956. The maximum Gasteiger partial charge on any atom is 0.261 e. The Morgan fingerprint density at radius 1 is 1.48 bits per heavy atom. The number of methoxy groups -OCH3 is 1. The van der Waals surface area contributed by atoms with Crippen molar-refractivity contribution >= 4 is 39.7 Å². The van der Waals surface area contributed by atoms with Crippen molar-refractivity contribution in [2.24, 2.45) is 5.73 Å². The summed E-state index contributed by atoms with van der Waals surface area (Å²) in [7, 11) is 1.64. The number of ether oxygens (including phenoxy) is 1. The van der Waals surface area contributed by atoms with Gasteiger partial charge in [0.2, 0.25) is 0 Å². The molecule has 1 amide bonds. The smallest absolute Gasteiger partial charge is 0.261 e. The molecule has 2 aromatic rings. The van der Waals surface area contributed by atoms with Crippen LogP contribution in [0.15, 0.2) is 18.2 Å². The van der Waals surface area contributed by atoms with Crippen LogP contribution in [0.2, 0.25) is 0 Å². The van der Waals surface area contributed by atoms with Crippen molar-refractivity contribution in [3.05, 3.63) is 28.6 Å². The van der Waals surface area contributed by atoms with E-state index < -0.39 is 0 Å². The number of hydrogen-bond donors (Lipinski definition) is 2. The number of nitrogens with two attached hydrogens (primary N) is 1. The largest absolute Gasteiger partial charge is 0.497 e. The number of rotatable bonds is 5. The van der Waals surface area contributed by atoms with Crippen LogP contribution in [-0.2, 0) is 0 Å². The van der Waals surface area contributed by atoms with E-state index in [2.05, 4.69) is 5.32 Å². The molecule has 0 saturated carbocycles. The fourth-order valence-corrected chi connectivity index (χ4v) is 3.14. The summed E-state index contributed by atoms with van der Waals surface area (Å²) in [5.41, 5.74) is 6.68. The lowest BCUT2D eigenvalue weighted by atomic mass is 10.1. The molecule has 21 heavy (non-hydrogen) atoms. The molecule has 3 N–H and O–H groups in total. The SMILES string of the molecule is COc1ccc2sc(C(=O)NCCC(C)N)c(C)c2c1.Cl. The van der Waals surface area contributed by atoms with Gasteiger partial charge in [-0.05, 0) is 49.4 Å². The number of fused-ring (bicyclic) bond motifs is 1. The number of carbonyl (C=O) groups is 1. The number of thiophene rings is 1. The van der Waals surface area contributed by atoms with Gasteiger partial charge in [0, 0.05) is 17.3 Å². The van der Waals surface area contributed by atoms with Crippen LogP contribution in [0.4, 0.5) is 0 Å². The number of halogens is 1. The minimum atomic E-state index is -0.0247. The minimum absolute atomic E-state index is 0. The van der Waals surface area contributed by atoms with Gasteiger partial charge in [0.25, 0.3) is 5.91 Å². The molecule has 6 heteroatoms. The van der Waals surface area contributed by atoms with Crippen molar-refractivity contribution in [2.75, 3.05) is 13.7 Å². The number of nitrogens with one attached hydrogen (secondary N) is 1. The average molecular weight is 329 g/mol. The highest BCUT2D eigenvalue weighted by Gasteiger charge is 2.15. The third-order valence-electron chi connectivity index (χ3n) is 3.23. The summed E-state index contributed by atoms with van der Waals surface area (Å²) in [6.45, 7) is 4.51. The van der Waals surface area contributed by atoms with Crippen LogP contribution in [0.3, 0.4) is 0 Å². The Labute approximate surface area is 135 Å². The van der Waals surface area contributed by atoms with E-state index in [0.717, 1.165) is 32.7 Å². The number of benzene rings is 1. The Balaban J connectivity index is 0.00000220. The van der Waals surface area contributed by atoms with Crippen LogP contribution in [0.25, 0.3) is 10.1 Å². The molecular weight excluding hydrogens is 308 g/mol. The Kier molecular flexibility index (Phi) is 6.45. The Morgan fingerprint density at radius 3 is 2.81 bits per heavy atom. The van der Waals surface area contributed by atoms with Crippen molar-refractivity contribution in [1.82, 2.24) is 5.32 Å². The quantitative estimate of drug-likeness (QED) is 0.886. The third-order valence-corrected chi connectivity index (χ3v) is 4.51. The predicted octanol–water partition coefficient (Wildman–Crippen LogP) is 3.11. The van der Waals surface area contributed by atoms with E-state index in [4.69, 9.17) is 10.5 Å². The predicted molar refractivity (Wildman–Crippen MR) is 91.0 cm³/mol. The van der Waals surface area contributed by atoms with Gasteiger partial charge in [-0.3, -0.25) is 4.79 Å².